The molecule has 1 aliphatic rings. The van der Waals surface area contributed by atoms with E-state index in [1.54, 1.807) is 11.3 Å². The number of carbonyl (C=O) groups excluding carboxylic acids is 1. The number of nitrogens with zero attached hydrogens (tertiary/aromatic N) is 2. The molecular weight excluding hydrogens is 322 g/mol. The van der Waals surface area contributed by atoms with Crippen LogP contribution in [0.4, 0.5) is 4.79 Å². The smallest absolute Gasteiger partial charge is 0.317 e. The third-order valence-electron chi connectivity index (χ3n) is 4.30. The predicted octanol–water partition coefficient (Wildman–Crippen LogP) is 3.96. The lowest BCUT2D eigenvalue weighted by atomic mass is 10.0. The number of para-hydroxylation sites is 1. The number of aromatic nitrogens is 1. The molecule has 0 aliphatic carbocycles. The van der Waals surface area contributed by atoms with Crippen LogP contribution in [0.1, 0.15) is 43.7 Å². The molecule has 0 radical (unpaired) electrons. The second-order valence-electron chi connectivity index (χ2n) is 6.01. The van der Waals surface area contributed by atoms with Crippen molar-refractivity contribution in [3.8, 4) is 0 Å². The molecule has 1 aromatic carbocycles. The monoisotopic (exact) mass is 347 g/mol. The minimum Gasteiger partial charge on any atom is -0.382 e. The molecule has 1 aliphatic heterocycles. The molecule has 130 valence electrons. The summed E-state index contributed by atoms with van der Waals surface area (Å²) in [6.45, 7) is 4.85. The van der Waals surface area contributed by atoms with E-state index in [1.807, 2.05) is 30.0 Å². The number of rotatable bonds is 6. The summed E-state index contributed by atoms with van der Waals surface area (Å²) >= 11 is 1.71. The number of hydrogen-bond donors (Lipinski definition) is 1. The summed E-state index contributed by atoms with van der Waals surface area (Å²) in [5, 5.41) is 4.08. The summed E-state index contributed by atoms with van der Waals surface area (Å²) in [4.78, 5) is 19.3. The molecule has 5 nitrogen and oxygen atoms in total. The Labute approximate surface area is 147 Å². The highest BCUT2D eigenvalue weighted by atomic mass is 32.1. The number of benzene rings is 1. The molecule has 0 saturated carbocycles. The zero-order valence-electron chi connectivity index (χ0n) is 14.2. The lowest BCUT2D eigenvalue weighted by Crippen LogP contribution is -2.45. The molecule has 1 N–H and O–H groups in total. The molecule has 1 fully saturated rings. The van der Waals surface area contributed by atoms with E-state index < -0.39 is 0 Å². The van der Waals surface area contributed by atoms with Crippen molar-refractivity contribution in [2.45, 2.75) is 38.6 Å². The van der Waals surface area contributed by atoms with E-state index in [4.69, 9.17) is 9.72 Å². The lowest BCUT2D eigenvalue weighted by molar-refractivity contribution is 0.138. The first-order chi connectivity index (χ1) is 11.8. The number of piperidine rings is 1. The van der Waals surface area contributed by atoms with Gasteiger partial charge in [0.2, 0.25) is 0 Å². The maximum Gasteiger partial charge on any atom is 0.317 e. The number of likely N-dealkylation sites (tertiary alicyclic amines) is 1. The van der Waals surface area contributed by atoms with Crippen LogP contribution in [-0.2, 0) is 4.74 Å². The molecule has 24 heavy (non-hydrogen) atoms. The van der Waals surface area contributed by atoms with Crippen LogP contribution in [-0.4, -0.2) is 42.2 Å². The number of hydrogen-bond acceptors (Lipinski definition) is 4. The van der Waals surface area contributed by atoms with Gasteiger partial charge in [-0.15, -0.1) is 11.3 Å². The fourth-order valence-corrected chi connectivity index (χ4v) is 4.19. The molecule has 1 saturated heterocycles. The molecule has 0 spiro atoms. The number of nitrogens with one attached hydrogen (secondary N) is 1. The zero-order valence-corrected chi connectivity index (χ0v) is 15.0. The summed E-state index contributed by atoms with van der Waals surface area (Å²) in [7, 11) is 0. The normalized spacial score (nSPS) is 18.0. The molecule has 2 heterocycles. The number of amides is 2. The van der Waals surface area contributed by atoms with Gasteiger partial charge < -0.3 is 15.0 Å². The van der Waals surface area contributed by atoms with Crippen molar-refractivity contribution in [3.63, 3.8) is 0 Å². The summed E-state index contributed by atoms with van der Waals surface area (Å²) in [6.07, 6.45) is 4.05. The van der Waals surface area contributed by atoms with E-state index in [1.165, 1.54) is 4.70 Å². The van der Waals surface area contributed by atoms with E-state index in [0.29, 0.717) is 13.2 Å². The Morgan fingerprint density at radius 3 is 3.12 bits per heavy atom. The van der Waals surface area contributed by atoms with E-state index in [2.05, 4.69) is 11.4 Å². The van der Waals surface area contributed by atoms with Gasteiger partial charge in [0.25, 0.3) is 0 Å². The van der Waals surface area contributed by atoms with Crippen LogP contribution in [0.25, 0.3) is 10.2 Å². The molecule has 2 aromatic rings. The maximum absolute atomic E-state index is 12.6. The first-order valence-corrected chi connectivity index (χ1v) is 9.59. The van der Waals surface area contributed by atoms with Crippen LogP contribution >= 0.6 is 11.3 Å². The Kier molecular flexibility index (Phi) is 6.04. The highest BCUT2D eigenvalue weighted by molar-refractivity contribution is 7.18. The third-order valence-corrected chi connectivity index (χ3v) is 5.44. The van der Waals surface area contributed by atoms with Crippen molar-refractivity contribution in [1.82, 2.24) is 15.2 Å². The first kappa shape index (κ1) is 17.2. The van der Waals surface area contributed by atoms with Gasteiger partial charge in [0.1, 0.15) is 5.01 Å². The number of urea groups is 1. The first-order valence-electron chi connectivity index (χ1n) is 8.77. The van der Waals surface area contributed by atoms with Crippen molar-refractivity contribution >= 4 is 27.6 Å². The standard InChI is InChI=1S/C18H25N3O2S/c1-2-23-13-7-11-19-18(22)21-12-6-5-9-15(21)17-20-14-8-3-4-10-16(14)24-17/h3-4,8,10,15H,2,5-7,9,11-13H2,1H3,(H,19,22)/t15-/m0/s1. The maximum atomic E-state index is 12.6. The third kappa shape index (κ3) is 4.05. The van der Waals surface area contributed by atoms with Gasteiger partial charge in [-0.25, -0.2) is 9.78 Å². The Morgan fingerprint density at radius 1 is 1.42 bits per heavy atom. The molecule has 0 unspecified atom stereocenters. The molecule has 0 bridgehead atoms. The van der Waals surface area contributed by atoms with Gasteiger partial charge in [-0.1, -0.05) is 12.1 Å². The fourth-order valence-electron chi connectivity index (χ4n) is 3.08. The highest BCUT2D eigenvalue weighted by Crippen LogP contribution is 2.35. The Balaban J connectivity index is 1.65. The van der Waals surface area contributed by atoms with Gasteiger partial charge in [0.15, 0.2) is 0 Å². The summed E-state index contributed by atoms with van der Waals surface area (Å²) in [6, 6.07) is 8.30. The second-order valence-corrected chi connectivity index (χ2v) is 7.07. The van der Waals surface area contributed by atoms with Crippen LogP contribution in [0.2, 0.25) is 0 Å². The van der Waals surface area contributed by atoms with Gasteiger partial charge in [0, 0.05) is 26.3 Å². The van der Waals surface area contributed by atoms with Gasteiger partial charge in [-0.05, 0) is 44.7 Å². The van der Waals surface area contributed by atoms with E-state index >= 15 is 0 Å². The highest BCUT2D eigenvalue weighted by Gasteiger charge is 2.30. The van der Waals surface area contributed by atoms with Crippen LogP contribution in [0.3, 0.4) is 0 Å². The van der Waals surface area contributed by atoms with Gasteiger partial charge in [-0.3, -0.25) is 0 Å². The minimum atomic E-state index is 0.0236. The molecule has 2 amide bonds. The van der Waals surface area contributed by atoms with Gasteiger partial charge in [-0.2, -0.15) is 0 Å². The van der Waals surface area contributed by atoms with Gasteiger partial charge >= 0.3 is 6.03 Å². The van der Waals surface area contributed by atoms with E-state index in [-0.39, 0.29) is 12.1 Å². The minimum absolute atomic E-state index is 0.0236. The molecule has 1 atom stereocenters. The topological polar surface area (TPSA) is 54.5 Å². The van der Waals surface area contributed by atoms with Crippen molar-refractivity contribution in [1.29, 1.82) is 0 Å². The summed E-state index contributed by atoms with van der Waals surface area (Å²) in [5.74, 6) is 0. The molecule has 6 heteroatoms. The SMILES string of the molecule is CCOCCCNC(=O)N1CCCC[C@H]1c1nc2ccccc2s1. The van der Waals surface area contributed by atoms with Crippen molar-refractivity contribution in [2.75, 3.05) is 26.3 Å². The van der Waals surface area contributed by atoms with E-state index in [0.717, 1.165) is 49.4 Å². The fraction of sp³-hybridized carbons (Fsp3) is 0.556. The average Bonchev–Trinajstić information content (AvgIpc) is 3.05. The Hall–Kier alpha value is -1.66. The van der Waals surface area contributed by atoms with Gasteiger partial charge in [0.05, 0.1) is 16.3 Å². The molecule has 3 rings (SSSR count). The summed E-state index contributed by atoms with van der Waals surface area (Å²) in [5.41, 5.74) is 1.03. The van der Waals surface area contributed by atoms with Crippen molar-refractivity contribution in [3.05, 3.63) is 29.3 Å². The van der Waals surface area contributed by atoms with Crippen LogP contribution in [0.5, 0.6) is 0 Å². The quantitative estimate of drug-likeness (QED) is 0.805. The Bertz CT molecular complexity index is 640. The van der Waals surface area contributed by atoms with E-state index in [9.17, 15) is 4.79 Å². The number of fused-ring (bicyclic) bond motifs is 1. The molecular formula is C18H25N3O2S. The predicted molar refractivity (Wildman–Crippen MR) is 97.4 cm³/mol. The lowest BCUT2D eigenvalue weighted by Gasteiger charge is -2.34. The number of thiazole rings is 1. The largest absolute Gasteiger partial charge is 0.382 e. The number of carbonyl (C=O) groups is 1. The average molecular weight is 347 g/mol. The van der Waals surface area contributed by atoms with Crippen molar-refractivity contribution in [2.24, 2.45) is 0 Å². The second kappa shape index (κ2) is 8.44. The van der Waals surface area contributed by atoms with Crippen LogP contribution in [0.15, 0.2) is 24.3 Å². The van der Waals surface area contributed by atoms with Crippen LogP contribution < -0.4 is 5.32 Å². The summed E-state index contributed by atoms with van der Waals surface area (Å²) < 4.78 is 6.50. The molecule has 1 aromatic heterocycles. The number of ether oxygens (including phenoxy) is 1. The van der Waals surface area contributed by atoms with Crippen LogP contribution in [0, 0.1) is 0 Å². The Morgan fingerprint density at radius 2 is 2.29 bits per heavy atom. The van der Waals surface area contributed by atoms with Crippen molar-refractivity contribution < 1.29 is 9.53 Å². The zero-order chi connectivity index (χ0) is 16.8.